The van der Waals surface area contributed by atoms with E-state index in [9.17, 15) is 4.79 Å². The first kappa shape index (κ1) is 91.0. The Morgan fingerprint density at radius 2 is 0.965 bits per heavy atom. The highest BCUT2D eigenvalue weighted by Crippen LogP contribution is 2.55. The number of carbonyl (C=O) groups excluding carboxylic acids is 1. The summed E-state index contributed by atoms with van der Waals surface area (Å²) in [5.74, 6) is 6.38. The number of nitriles is 1. The van der Waals surface area contributed by atoms with Crippen molar-refractivity contribution in [3.63, 3.8) is 0 Å². The first-order valence-electron chi connectivity index (χ1n) is 36.6. The van der Waals surface area contributed by atoms with Crippen LogP contribution in [0.25, 0.3) is 11.1 Å². The zero-order chi connectivity index (χ0) is 81.3. The summed E-state index contributed by atoms with van der Waals surface area (Å²) in [6.07, 6.45) is 12.4. The maximum atomic E-state index is 12.2. The maximum Gasteiger partial charge on any atom is 0.488 e. The number of aliphatic imine (C=N–C) groups is 3. The van der Waals surface area contributed by atoms with Crippen LogP contribution in [0.2, 0.25) is 39.7 Å². The normalized spacial score (nSPS) is 27.5. The van der Waals surface area contributed by atoms with Gasteiger partial charge in [0.05, 0.1) is 79.7 Å². The molecule has 0 amide bonds. The van der Waals surface area contributed by atoms with Gasteiger partial charge in [0, 0.05) is 79.5 Å². The van der Waals surface area contributed by atoms with E-state index in [4.69, 9.17) is 131 Å². The molecule has 0 radical (unpaired) electrons. The predicted molar refractivity (Wildman–Crippen MR) is 456 cm³/mol. The van der Waals surface area contributed by atoms with Crippen molar-refractivity contribution in [1.82, 2.24) is 15.6 Å². The molecule has 10 atom stereocenters. The van der Waals surface area contributed by atoms with Gasteiger partial charge >= 0.3 is 7.12 Å². The fourth-order valence-corrected chi connectivity index (χ4v) is 17.0. The minimum absolute atomic E-state index is 0. The molecule has 10 unspecified atom stereocenters. The maximum absolute atomic E-state index is 12.2. The highest BCUT2D eigenvalue weighted by molar-refractivity contribution is 9.11. The number of hydrogen-bond acceptors (Lipinski definition) is 24. The van der Waals surface area contributed by atoms with Crippen molar-refractivity contribution >= 4 is 157 Å². The molecule has 10 aliphatic heterocycles. The van der Waals surface area contributed by atoms with E-state index in [1.807, 2.05) is 91.1 Å². The van der Waals surface area contributed by atoms with Crippen LogP contribution in [0.15, 0.2) is 149 Å². The minimum Gasteiger partial charge on any atom is -0.484 e. The second kappa shape index (κ2) is 38.7. The number of nitrogens with one attached hydrogen (secondary N) is 1. The SMILES string of the molecule is C=C=N[Si](C)(C)C.CC1CCC2(CO1)CC(=NC#N)c1cc(Br)ccc1O2.CC1CCC2(CO1)CC(=O)c1cc(Br)ccc1O2.CC1CCC2(CO1)CC1(N=C(N)N(C)O1)c1cc(-c3cc(Cl)cc(Cl)c3)ccc1O2.CC1CCC2(CO1)CC1(N=C(N)N(C)O1)c1cc(Br)ccc1O2.CNO.Cl.OB(O)c1cc(Cl)cc(Cl)c1. The Balaban J connectivity index is 0.000000161. The van der Waals surface area contributed by atoms with Crippen molar-refractivity contribution in [3.05, 3.63) is 172 Å². The number of Topliss-reactive ketones (excluding diaryl/α,β-unsaturated/α-hetero) is 1. The fourth-order valence-electron chi connectivity index (χ4n) is 14.4. The highest BCUT2D eigenvalue weighted by Gasteiger charge is 2.58. The number of benzene rings is 6. The Labute approximate surface area is 712 Å². The van der Waals surface area contributed by atoms with E-state index in [1.165, 1.54) is 35.4 Å². The van der Waals surface area contributed by atoms with E-state index in [1.54, 1.807) is 25.6 Å². The van der Waals surface area contributed by atoms with E-state index < -0.39 is 43.6 Å². The average molecular weight is 1860 g/mol. The molecule has 6 aromatic carbocycles. The number of nitrogens with two attached hydrogens (primary N) is 2. The third-order valence-electron chi connectivity index (χ3n) is 20.0. The van der Waals surface area contributed by atoms with Gasteiger partial charge < -0.3 is 64.6 Å². The van der Waals surface area contributed by atoms with Crippen LogP contribution < -0.4 is 41.4 Å². The summed E-state index contributed by atoms with van der Waals surface area (Å²) in [7, 11) is 2.23. The molecule has 4 fully saturated rings. The minimum atomic E-state index is -1.52. The number of fused-ring (bicyclic) bond motifs is 6. The molecule has 24 nitrogen and oxygen atoms in total. The first-order chi connectivity index (χ1) is 53.0. The number of halogens is 8. The zero-order valence-electron chi connectivity index (χ0n) is 64.5. The molecule has 608 valence electrons. The lowest BCUT2D eigenvalue weighted by atomic mass is 9.80. The molecule has 6 spiro atoms. The van der Waals surface area contributed by atoms with Crippen LogP contribution in [0, 0.1) is 11.5 Å². The average Bonchev–Trinajstić information content (AvgIpc) is 1.67. The lowest BCUT2D eigenvalue weighted by Crippen LogP contribution is -2.54. The fraction of sp³-hybridized carbons (Fsp3) is 0.456. The van der Waals surface area contributed by atoms with E-state index in [0.717, 1.165) is 116 Å². The largest absolute Gasteiger partial charge is 0.488 e. The van der Waals surface area contributed by atoms with Crippen molar-refractivity contribution in [2.45, 2.75) is 183 Å². The van der Waals surface area contributed by atoms with Gasteiger partial charge in [-0.1, -0.05) is 100 Å². The summed E-state index contributed by atoms with van der Waals surface area (Å²) < 4.78 is 55.3. The number of carbonyl (C=O) groups is 1. The van der Waals surface area contributed by atoms with Gasteiger partial charge in [0.25, 0.3) is 0 Å². The van der Waals surface area contributed by atoms with E-state index in [-0.39, 0.29) is 48.2 Å². The van der Waals surface area contributed by atoms with Crippen molar-refractivity contribution in [2.75, 3.05) is 47.6 Å². The van der Waals surface area contributed by atoms with E-state index in [0.29, 0.717) is 101 Å². The number of ether oxygens (including phenoxy) is 8. The smallest absolute Gasteiger partial charge is 0.484 e. The molecule has 113 heavy (non-hydrogen) atoms. The van der Waals surface area contributed by atoms with Crippen LogP contribution in [0.5, 0.6) is 23.0 Å². The van der Waals surface area contributed by atoms with Gasteiger partial charge in [-0.3, -0.25) is 9.45 Å². The Bertz CT molecular complexity index is 4530. The van der Waals surface area contributed by atoms with Gasteiger partial charge in [-0.25, -0.2) is 35.3 Å². The Morgan fingerprint density at radius 1 is 0.584 bits per heavy atom. The van der Waals surface area contributed by atoms with Gasteiger partial charge in [0.15, 0.2) is 14.0 Å². The highest BCUT2D eigenvalue weighted by atomic mass is 79.9. The predicted octanol–water partition coefficient (Wildman–Crippen LogP) is 16.4. The molecule has 0 aliphatic carbocycles. The molecular weight excluding hydrogens is 1770 g/mol. The number of rotatable bonds is 3. The molecule has 34 heteroatoms. The van der Waals surface area contributed by atoms with Crippen LogP contribution in [-0.4, -0.2) is 164 Å². The summed E-state index contributed by atoms with van der Waals surface area (Å²) in [5, 5.41) is 38.6. The van der Waals surface area contributed by atoms with Crippen LogP contribution in [0.4, 0.5) is 0 Å². The molecule has 8 N–H and O–H groups in total. The lowest BCUT2D eigenvalue weighted by Gasteiger charge is -2.47. The van der Waals surface area contributed by atoms with Gasteiger partial charge in [-0.15, -0.1) is 12.4 Å². The number of hydrogen-bond donors (Lipinski definition) is 6. The van der Waals surface area contributed by atoms with Gasteiger partial charge in [-0.2, -0.15) is 10.3 Å². The third-order valence-corrected chi connectivity index (χ3v) is 23.2. The number of ketones is 1. The summed E-state index contributed by atoms with van der Waals surface area (Å²) in [5.41, 5.74) is 16.5. The van der Waals surface area contributed by atoms with Gasteiger partial charge in [-0.05, 0) is 231 Å². The molecular formula is C79H95BBr3Cl5N10O14Si. The standard InChI is InChI=1S/C22H23Cl2N3O3.C16H20BrN3O3.C15H15BrN2O2.C14H15BrO3.C6H5BCl2O2.C5H11NSi.CH5NO.ClH/c1-13-5-6-21(12-28-13)11-22(26-20(25)27(2)30-22)18-9-14(3-4-19(18)29-21)15-7-16(23)10-17(24)8-15;1-10-5-6-15(9-21-10)8-16(19-14(18)20(2)23-16)12-7-11(17)3-4-13(12)22-15;1-10-4-5-15(8-19-10)7-13(18-9-17)12-6-11(16)2-3-14(12)20-15;1-9-4-5-14(8-17-9)7-12(16)11-6-10(15)2-3-13(11)18-14;8-5-1-4(7(10)11)2-6(9)3-5;1-5-6-7(2,3)4;1-2-3;/h3-4,7-10,13H,5-6,11-12H2,1-2H3,(H2,25,26);3-4,7,10H,5-6,8-9H2,1-2H3,(H2,18,19);2-3,6,10H,4-5,7-8H2,1H3;2-3,6,9H,4-5,7-8H2,1H3;1-3,10-11H;1H2,2-4H3;2-3H,1H3;1H. The molecule has 6 aromatic rings. The lowest BCUT2D eigenvalue weighted by molar-refractivity contribution is -0.220. The number of nitrogens with zero attached hydrogens (tertiary/aromatic N) is 7. The van der Waals surface area contributed by atoms with Crippen molar-refractivity contribution in [2.24, 2.45) is 31.1 Å². The molecule has 10 heterocycles. The Morgan fingerprint density at radius 3 is 1.35 bits per heavy atom. The van der Waals surface area contributed by atoms with Crippen LogP contribution in [0.1, 0.15) is 132 Å². The molecule has 0 bridgehead atoms. The Kier molecular flexibility index (Phi) is 31.1. The van der Waals surface area contributed by atoms with Crippen molar-refractivity contribution < 1.29 is 67.6 Å². The Hall–Kier alpha value is -5.89. The number of hydroxylamine groups is 5. The monoisotopic (exact) mass is 1860 g/mol. The number of guanidine groups is 2. The summed E-state index contributed by atoms with van der Waals surface area (Å²) in [6, 6.07) is 33.1. The third kappa shape index (κ3) is 23.1. The van der Waals surface area contributed by atoms with Crippen LogP contribution in [-0.2, 0) is 40.1 Å². The summed E-state index contributed by atoms with van der Waals surface area (Å²) >= 11 is 34.0. The molecule has 0 saturated carbocycles. The van der Waals surface area contributed by atoms with E-state index in [2.05, 4.69) is 122 Å². The summed E-state index contributed by atoms with van der Waals surface area (Å²) in [4.78, 5) is 38.0. The van der Waals surface area contributed by atoms with Gasteiger partial charge in [0.2, 0.25) is 29.6 Å². The van der Waals surface area contributed by atoms with Crippen molar-refractivity contribution in [3.8, 4) is 40.3 Å². The van der Waals surface area contributed by atoms with E-state index >= 15 is 0 Å². The quantitative estimate of drug-likeness (QED) is 0.0415. The second-order valence-corrected chi connectivity index (χ2v) is 39.3. The van der Waals surface area contributed by atoms with Crippen LogP contribution >= 0.6 is 107 Å². The van der Waals surface area contributed by atoms with Gasteiger partial charge in [0.1, 0.15) is 45.4 Å². The molecule has 0 aromatic heterocycles. The molecule has 16 rings (SSSR count). The van der Waals surface area contributed by atoms with Crippen molar-refractivity contribution in [1.29, 1.82) is 5.26 Å². The topological polar surface area (TPSA) is 314 Å². The zero-order valence-corrected chi connectivity index (χ0v) is 74.1. The van der Waals surface area contributed by atoms with Crippen LogP contribution in [0.3, 0.4) is 0 Å². The molecule has 10 aliphatic rings. The first-order valence-corrected chi connectivity index (χ1v) is 43.9. The second-order valence-electron chi connectivity index (χ2n) is 30.3. The summed E-state index contributed by atoms with van der Waals surface area (Å²) in [6.45, 7) is 20.2. The molecule has 4 saturated heterocycles.